The summed E-state index contributed by atoms with van der Waals surface area (Å²) < 4.78 is 6.05. The number of aromatic nitrogens is 1. The van der Waals surface area contributed by atoms with E-state index < -0.39 is 6.10 Å². The van der Waals surface area contributed by atoms with E-state index >= 15 is 0 Å². The number of fused-ring (bicyclic) bond motifs is 2. The van der Waals surface area contributed by atoms with Gasteiger partial charge in [-0.1, -0.05) is 44.2 Å². The molecule has 0 spiro atoms. The average molecular weight is 452 g/mol. The first-order valence-electron chi connectivity index (χ1n) is 10.3. The van der Waals surface area contributed by atoms with Crippen LogP contribution in [0.1, 0.15) is 48.4 Å². The van der Waals surface area contributed by atoms with Gasteiger partial charge in [0.1, 0.15) is 6.61 Å². The maximum atomic E-state index is 10.9. The third kappa shape index (κ3) is 7.08. The monoisotopic (exact) mass is 451 g/mol. The third-order valence-corrected chi connectivity index (χ3v) is 5.18. The lowest BCUT2D eigenvalue weighted by atomic mass is 10.1. The molecule has 2 heterocycles. The van der Waals surface area contributed by atoms with E-state index in [2.05, 4.69) is 11.1 Å². The molecular weight excluding hydrogens is 422 g/mol. The van der Waals surface area contributed by atoms with Gasteiger partial charge in [-0.15, -0.1) is 11.3 Å². The second kappa shape index (κ2) is 12.4. The van der Waals surface area contributed by atoms with Crippen LogP contribution in [0, 0.1) is 0 Å². The highest BCUT2D eigenvalue weighted by Crippen LogP contribution is 2.21. The number of ether oxygens (including phenoxy) is 1. The molecule has 168 valence electrons. The van der Waals surface area contributed by atoms with Crippen molar-refractivity contribution in [1.82, 2.24) is 4.98 Å². The molecule has 0 bridgehead atoms. The smallest absolute Gasteiger partial charge is 0.338 e. The maximum Gasteiger partial charge on any atom is 0.338 e. The number of benzene rings is 3. The molecule has 5 N–H and O–H groups in total. The Morgan fingerprint density at radius 1 is 1.00 bits per heavy atom. The fourth-order valence-corrected chi connectivity index (χ4v) is 3.39. The molecule has 0 saturated carbocycles. The molecule has 3 aromatic carbocycles. The van der Waals surface area contributed by atoms with E-state index in [4.69, 9.17) is 21.3 Å². The van der Waals surface area contributed by atoms with Gasteiger partial charge in [0, 0.05) is 16.9 Å². The van der Waals surface area contributed by atoms with Gasteiger partial charge < -0.3 is 21.3 Å². The summed E-state index contributed by atoms with van der Waals surface area (Å²) in [4.78, 5) is 15.1. The Labute approximate surface area is 192 Å². The Morgan fingerprint density at radius 3 is 2.31 bits per heavy atom. The van der Waals surface area contributed by atoms with Gasteiger partial charge in [-0.25, -0.2) is 9.78 Å². The van der Waals surface area contributed by atoms with Crippen molar-refractivity contribution in [1.29, 1.82) is 0 Å². The number of aliphatic hydroxyl groups excluding tert-OH is 1. The Hall–Kier alpha value is -3.42. The van der Waals surface area contributed by atoms with E-state index in [9.17, 15) is 4.79 Å². The fraction of sp³-hybridized carbons (Fsp3) is 0.200. The van der Waals surface area contributed by atoms with Crippen molar-refractivity contribution in [2.45, 2.75) is 33.5 Å². The van der Waals surface area contributed by atoms with Crippen LogP contribution < -0.4 is 11.5 Å². The number of hydrogen-bond acceptors (Lipinski definition) is 7. The summed E-state index contributed by atoms with van der Waals surface area (Å²) in [5, 5.41) is 9.07. The van der Waals surface area contributed by atoms with Crippen LogP contribution >= 0.6 is 11.3 Å². The quantitative estimate of drug-likeness (QED) is 0.257. The van der Waals surface area contributed by atoms with Gasteiger partial charge >= 0.3 is 5.97 Å². The molecule has 0 saturated heterocycles. The topological polar surface area (TPSA) is 111 Å². The van der Waals surface area contributed by atoms with Crippen LogP contribution in [0.4, 0.5) is 11.4 Å². The number of nitrogens with zero attached hydrogens (tertiary/aromatic N) is 1. The molecule has 6 nitrogen and oxygen atoms in total. The largest absolute Gasteiger partial charge is 0.457 e. The summed E-state index contributed by atoms with van der Waals surface area (Å²) in [6.45, 7) is 6.11. The van der Waals surface area contributed by atoms with Gasteiger partial charge in [0.15, 0.2) is 0 Å². The van der Waals surface area contributed by atoms with Crippen LogP contribution in [-0.4, -0.2) is 16.1 Å². The van der Waals surface area contributed by atoms with Gasteiger partial charge in [0.2, 0.25) is 0 Å². The lowest BCUT2D eigenvalue weighted by Gasteiger charge is -2.02. The second-order valence-electron chi connectivity index (χ2n) is 6.66. The number of anilines is 2. The summed E-state index contributed by atoms with van der Waals surface area (Å²) in [7, 11) is 0. The molecule has 1 aromatic heterocycles. The van der Waals surface area contributed by atoms with E-state index in [1.165, 1.54) is 4.70 Å². The minimum Gasteiger partial charge on any atom is -0.457 e. The zero-order chi connectivity index (χ0) is 23.5. The lowest BCUT2D eigenvalue weighted by molar-refractivity contribution is 0.0535. The zero-order valence-corrected chi connectivity index (χ0v) is 19.3. The van der Waals surface area contributed by atoms with Crippen molar-refractivity contribution in [3.05, 3.63) is 88.9 Å². The first-order valence-corrected chi connectivity index (χ1v) is 11.2. The highest BCUT2D eigenvalue weighted by molar-refractivity contribution is 7.16. The number of carbonyl (C=O) groups excluding carboxylic acids is 1. The Morgan fingerprint density at radius 2 is 1.66 bits per heavy atom. The van der Waals surface area contributed by atoms with Gasteiger partial charge in [0.25, 0.3) is 0 Å². The average Bonchev–Trinajstić information content (AvgIpc) is 3.43. The first kappa shape index (κ1) is 24.8. The summed E-state index contributed by atoms with van der Waals surface area (Å²) in [5.41, 5.74) is 17.6. The number of nitrogen functional groups attached to an aromatic ring is 2. The van der Waals surface area contributed by atoms with Crippen molar-refractivity contribution in [3.63, 3.8) is 0 Å². The normalized spacial score (nSPS) is 12.1. The van der Waals surface area contributed by atoms with Crippen molar-refractivity contribution in [3.8, 4) is 0 Å². The number of para-hydroxylation sites is 1. The molecule has 1 aliphatic heterocycles. The number of cyclic esters (lactones) is 1. The molecule has 32 heavy (non-hydrogen) atoms. The highest BCUT2D eigenvalue weighted by atomic mass is 32.1. The predicted octanol–water partition coefficient (Wildman–Crippen LogP) is 5.58. The Bertz CT molecular complexity index is 1090. The molecule has 5 rings (SSSR count). The third-order valence-electron chi connectivity index (χ3n) is 4.37. The predicted molar refractivity (Wildman–Crippen MR) is 132 cm³/mol. The van der Waals surface area contributed by atoms with Crippen molar-refractivity contribution in [2.75, 3.05) is 11.5 Å². The molecular formula is C25H29N3O3S. The number of esters is 1. The number of nitrogens with two attached hydrogens (primary N) is 2. The molecule has 0 radical (unpaired) electrons. The minimum atomic E-state index is -0.402. The second-order valence-corrected chi connectivity index (χ2v) is 7.54. The summed E-state index contributed by atoms with van der Waals surface area (Å²) >= 11 is 1.68. The Kier molecular flexibility index (Phi) is 9.66. The maximum absolute atomic E-state index is 10.9. The number of aliphatic hydroxyl groups is 1. The molecule has 1 unspecified atom stereocenters. The minimum absolute atomic E-state index is 0.271. The first-order chi connectivity index (χ1) is 15.4. The van der Waals surface area contributed by atoms with Crippen molar-refractivity contribution < 1.29 is 14.6 Å². The van der Waals surface area contributed by atoms with E-state index in [1.54, 1.807) is 42.5 Å². The van der Waals surface area contributed by atoms with Crippen LogP contribution in [-0.2, 0) is 11.3 Å². The van der Waals surface area contributed by atoms with Crippen LogP contribution in [0.25, 0.3) is 10.2 Å². The molecule has 4 aromatic rings. The van der Waals surface area contributed by atoms with Gasteiger partial charge in [-0.3, -0.25) is 0 Å². The van der Waals surface area contributed by atoms with Crippen LogP contribution in [0.15, 0.2) is 72.2 Å². The molecule has 0 amide bonds. The van der Waals surface area contributed by atoms with E-state index in [0.717, 1.165) is 22.3 Å². The zero-order valence-electron chi connectivity index (χ0n) is 18.5. The van der Waals surface area contributed by atoms with Crippen LogP contribution in [0.2, 0.25) is 0 Å². The molecule has 7 heteroatoms. The number of thiazole rings is 1. The number of hydrogen-bond donors (Lipinski definition) is 3. The fourth-order valence-electron chi connectivity index (χ4n) is 2.71. The van der Waals surface area contributed by atoms with Crippen molar-refractivity contribution in [2.24, 2.45) is 0 Å². The standard InChI is InChI=1S/C8H7NO2.C8H11NO.C7H5NS.C2H6/c9-6-2-1-5-4-11-8(10)7(5)3-6;1-6(10)7-2-4-8(9)5-3-7;1-2-4-7-6(3-1)8-5-9-7;1-2/h1-3H,4,9H2;2-6,10H,9H2,1H3;1-5H;1-2H3. The molecule has 1 atom stereocenters. The summed E-state index contributed by atoms with van der Waals surface area (Å²) in [5.74, 6) is -0.271. The number of rotatable bonds is 1. The highest BCUT2D eigenvalue weighted by Gasteiger charge is 2.20. The molecule has 1 aliphatic rings. The number of carbonyl (C=O) groups is 1. The Balaban J connectivity index is 0.000000164. The molecule has 0 aliphatic carbocycles. The lowest BCUT2D eigenvalue weighted by Crippen LogP contribution is -1.94. The van der Waals surface area contributed by atoms with E-state index in [1.807, 2.05) is 55.8 Å². The van der Waals surface area contributed by atoms with E-state index in [0.29, 0.717) is 17.9 Å². The van der Waals surface area contributed by atoms with Crippen LogP contribution in [0.3, 0.4) is 0 Å². The SMILES string of the molecule is CC.CC(O)c1ccc(N)cc1.Nc1ccc2c(c1)C(=O)OC2.c1ccc2scnc2c1. The van der Waals surface area contributed by atoms with E-state index in [-0.39, 0.29) is 5.97 Å². The summed E-state index contributed by atoms with van der Waals surface area (Å²) in [6, 6.07) is 20.5. The van der Waals surface area contributed by atoms with Gasteiger partial charge in [-0.2, -0.15) is 0 Å². The van der Waals surface area contributed by atoms with Gasteiger partial charge in [-0.05, 0) is 48.9 Å². The summed E-state index contributed by atoms with van der Waals surface area (Å²) in [6.07, 6.45) is -0.402. The van der Waals surface area contributed by atoms with Crippen LogP contribution in [0.5, 0.6) is 0 Å². The van der Waals surface area contributed by atoms with Gasteiger partial charge in [0.05, 0.1) is 27.4 Å². The van der Waals surface area contributed by atoms with Crippen molar-refractivity contribution >= 4 is 38.9 Å². The molecule has 0 fully saturated rings.